The van der Waals surface area contributed by atoms with Crippen LogP contribution in [0.5, 0.6) is 0 Å². The van der Waals surface area contributed by atoms with E-state index in [0.717, 1.165) is 51.7 Å². The largest absolute Gasteiger partial charge is 0.383 e. The van der Waals surface area contributed by atoms with Gasteiger partial charge in [-0.2, -0.15) is 0 Å². The maximum Gasteiger partial charge on any atom is 0.147 e. The van der Waals surface area contributed by atoms with Crippen molar-refractivity contribution in [2.75, 3.05) is 43.6 Å². The van der Waals surface area contributed by atoms with Crippen LogP contribution in [-0.4, -0.2) is 48.3 Å². The molecule has 0 spiro atoms. The Hall–Kier alpha value is -1.99. The highest BCUT2D eigenvalue weighted by molar-refractivity contribution is 7.26. The topological polar surface area (TPSA) is 63.2 Å². The molecule has 0 bridgehead atoms. The fraction of sp³-hybridized carbons (Fsp3) is 0.500. The van der Waals surface area contributed by atoms with Gasteiger partial charge in [0, 0.05) is 32.1 Å². The standard InChI is InChI=1S/C18H23N5OS/c1-12-10-13(23-7-4-3-5-8-23)22-18-14(12)15-16(25-18)17(21-11-20-15)19-6-9-24-2/h10-11H,3-9H2,1-2H3,(H,19,20,21). The molecule has 3 aromatic heterocycles. The first-order chi connectivity index (χ1) is 12.3. The zero-order valence-corrected chi connectivity index (χ0v) is 15.5. The van der Waals surface area contributed by atoms with Crippen molar-refractivity contribution >= 4 is 43.4 Å². The molecule has 1 aliphatic rings. The Kier molecular flexibility index (Phi) is 4.67. The first-order valence-electron chi connectivity index (χ1n) is 8.80. The summed E-state index contributed by atoms with van der Waals surface area (Å²) in [4.78, 5) is 17.4. The van der Waals surface area contributed by atoms with Gasteiger partial charge in [-0.05, 0) is 37.8 Å². The van der Waals surface area contributed by atoms with Gasteiger partial charge in [-0.1, -0.05) is 0 Å². The molecular formula is C18H23N5OS. The van der Waals surface area contributed by atoms with Crippen molar-refractivity contribution in [2.24, 2.45) is 0 Å². The summed E-state index contributed by atoms with van der Waals surface area (Å²) in [6.45, 7) is 5.73. The Bertz CT molecular complexity index is 888. The Morgan fingerprint density at radius 2 is 2.08 bits per heavy atom. The van der Waals surface area contributed by atoms with Crippen LogP contribution in [-0.2, 0) is 4.74 Å². The fourth-order valence-corrected chi connectivity index (χ4v) is 4.58. The van der Waals surface area contributed by atoms with Gasteiger partial charge in [-0.25, -0.2) is 15.0 Å². The van der Waals surface area contributed by atoms with E-state index in [4.69, 9.17) is 9.72 Å². The van der Waals surface area contributed by atoms with Crippen LogP contribution in [0.2, 0.25) is 0 Å². The summed E-state index contributed by atoms with van der Waals surface area (Å²) in [6, 6.07) is 2.21. The van der Waals surface area contributed by atoms with E-state index in [1.54, 1.807) is 24.8 Å². The second-order valence-corrected chi connectivity index (χ2v) is 7.45. The maximum absolute atomic E-state index is 5.12. The number of fused-ring (bicyclic) bond motifs is 3. The van der Waals surface area contributed by atoms with E-state index in [0.29, 0.717) is 6.61 Å². The molecule has 6 nitrogen and oxygen atoms in total. The van der Waals surface area contributed by atoms with E-state index in [9.17, 15) is 0 Å². The molecule has 0 atom stereocenters. The maximum atomic E-state index is 5.12. The van der Waals surface area contributed by atoms with E-state index < -0.39 is 0 Å². The summed E-state index contributed by atoms with van der Waals surface area (Å²) < 4.78 is 6.19. The SMILES string of the molecule is COCCNc1ncnc2c1sc1nc(N3CCCCC3)cc(C)c12. The van der Waals surface area contributed by atoms with E-state index in [1.165, 1.54) is 24.8 Å². The molecule has 0 saturated carbocycles. The molecule has 0 radical (unpaired) electrons. The van der Waals surface area contributed by atoms with Crippen LogP contribution in [0, 0.1) is 6.92 Å². The molecule has 7 heteroatoms. The van der Waals surface area contributed by atoms with Crippen LogP contribution in [0.25, 0.3) is 20.4 Å². The Morgan fingerprint density at radius 1 is 1.24 bits per heavy atom. The Morgan fingerprint density at radius 3 is 2.88 bits per heavy atom. The lowest BCUT2D eigenvalue weighted by molar-refractivity contribution is 0.210. The lowest BCUT2D eigenvalue weighted by Gasteiger charge is -2.28. The van der Waals surface area contributed by atoms with Gasteiger partial charge in [0.15, 0.2) is 0 Å². The zero-order valence-electron chi connectivity index (χ0n) is 14.7. The molecule has 25 heavy (non-hydrogen) atoms. The summed E-state index contributed by atoms with van der Waals surface area (Å²) >= 11 is 1.67. The summed E-state index contributed by atoms with van der Waals surface area (Å²) in [5.41, 5.74) is 2.23. The van der Waals surface area contributed by atoms with Gasteiger partial charge in [0.2, 0.25) is 0 Å². The lowest BCUT2D eigenvalue weighted by atomic mass is 10.1. The molecular weight excluding hydrogens is 334 g/mol. The van der Waals surface area contributed by atoms with E-state index in [2.05, 4.69) is 33.2 Å². The highest BCUT2D eigenvalue weighted by Crippen LogP contribution is 2.38. The first kappa shape index (κ1) is 16.5. The zero-order chi connectivity index (χ0) is 17.2. The number of rotatable bonds is 5. The highest BCUT2D eigenvalue weighted by atomic mass is 32.1. The molecule has 4 rings (SSSR count). The molecule has 1 aliphatic heterocycles. The van der Waals surface area contributed by atoms with Crippen LogP contribution in [0.1, 0.15) is 24.8 Å². The second-order valence-electron chi connectivity index (χ2n) is 6.45. The predicted molar refractivity (Wildman–Crippen MR) is 104 cm³/mol. The Labute approximate surface area is 151 Å². The molecule has 132 valence electrons. The van der Waals surface area contributed by atoms with Gasteiger partial charge in [-0.3, -0.25) is 0 Å². The molecule has 0 aliphatic carbocycles. The molecule has 3 aromatic rings. The molecule has 4 heterocycles. The summed E-state index contributed by atoms with van der Waals surface area (Å²) in [7, 11) is 1.70. The summed E-state index contributed by atoms with van der Waals surface area (Å²) in [5.74, 6) is 1.96. The summed E-state index contributed by atoms with van der Waals surface area (Å²) in [6.07, 6.45) is 5.46. The number of nitrogens with zero attached hydrogens (tertiary/aromatic N) is 4. The predicted octanol–water partition coefficient (Wildman–Crippen LogP) is 3.60. The molecule has 1 fully saturated rings. The van der Waals surface area contributed by atoms with Crippen LogP contribution >= 0.6 is 11.3 Å². The number of ether oxygens (including phenoxy) is 1. The normalized spacial score (nSPS) is 15.2. The molecule has 0 unspecified atom stereocenters. The monoisotopic (exact) mass is 357 g/mol. The number of anilines is 2. The van der Waals surface area contributed by atoms with Crippen LogP contribution < -0.4 is 10.2 Å². The summed E-state index contributed by atoms with van der Waals surface area (Å²) in [5, 5.41) is 4.49. The number of hydrogen-bond donors (Lipinski definition) is 1. The van der Waals surface area contributed by atoms with Gasteiger partial charge in [0.25, 0.3) is 0 Å². The third-order valence-corrected chi connectivity index (χ3v) is 5.77. The number of hydrogen-bond acceptors (Lipinski definition) is 7. The number of methoxy groups -OCH3 is 1. The van der Waals surface area contributed by atoms with Gasteiger partial charge < -0.3 is 15.0 Å². The molecule has 0 amide bonds. The molecule has 0 aromatic carbocycles. The number of aromatic nitrogens is 3. The third kappa shape index (κ3) is 3.14. The quantitative estimate of drug-likeness (QED) is 0.704. The number of nitrogens with one attached hydrogen (secondary N) is 1. The second kappa shape index (κ2) is 7.09. The van der Waals surface area contributed by atoms with E-state index in [1.807, 2.05) is 0 Å². The molecule has 1 saturated heterocycles. The van der Waals surface area contributed by atoms with Crippen LogP contribution in [0.15, 0.2) is 12.4 Å². The minimum Gasteiger partial charge on any atom is -0.383 e. The third-order valence-electron chi connectivity index (χ3n) is 4.69. The number of thiophene rings is 1. The van der Waals surface area contributed by atoms with Gasteiger partial charge in [0.05, 0.1) is 16.8 Å². The number of piperidine rings is 1. The van der Waals surface area contributed by atoms with Crippen molar-refractivity contribution < 1.29 is 4.74 Å². The smallest absolute Gasteiger partial charge is 0.147 e. The lowest BCUT2D eigenvalue weighted by Crippen LogP contribution is -2.30. The van der Waals surface area contributed by atoms with E-state index in [-0.39, 0.29) is 0 Å². The van der Waals surface area contributed by atoms with E-state index >= 15 is 0 Å². The molecule has 1 N–H and O–H groups in total. The Balaban J connectivity index is 1.78. The van der Waals surface area contributed by atoms with Gasteiger partial charge in [0.1, 0.15) is 22.8 Å². The van der Waals surface area contributed by atoms with Crippen molar-refractivity contribution in [3.8, 4) is 0 Å². The van der Waals surface area contributed by atoms with Gasteiger partial charge in [-0.15, -0.1) is 11.3 Å². The fourth-order valence-electron chi connectivity index (χ4n) is 3.42. The van der Waals surface area contributed by atoms with Crippen molar-refractivity contribution in [1.82, 2.24) is 15.0 Å². The highest BCUT2D eigenvalue weighted by Gasteiger charge is 2.18. The average Bonchev–Trinajstić information content (AvgIpc) is 3.02. The number of aryl methyl sites for hydroxylation is 1. The van der Waals surface area contributed by atoms with Crippen molar-refractivity contribution in [2.45, 2.75) is 26.2 Å². The number of pyridine rings is 1. The first-order valence-corrected chi connectivity index (χ1v) is 9.62. The minimum absolute atomic E-state index is 0.646. The van der Waals surface area contributed by atoms with Gasteiger partial charge >= 0.3 is 0 Å². The van der Waals surface area contributed by atoms with Crippen LogP contribution in [0.3, 0.4) is 0 Å². The van der Waals surface area contributed by atoms with Crippen molar-refractivity contribution in [1.29, 1.82) is 0 Å². The van der Waals surface area contributed by atoms with Crippen LogP contribution in [0.4, 0.5) is 11.6 Å². The minimum atomic E-state index is 0.646. The van der Waals surface area contributed by atoms with Crippen molar-refractivity contribution in [3.63, 3.8) is 0 Å². The average molecular weight is 357 g/mol. The van der Waals surface area contributed by atoms with Crippen molar-refractivity contribution in [3.05, 3.63) is 18.0 Å².